The summed E-state index contributed by atoms with van der Waals surface area (Å²) in [5, 5.41) is 5.30. The van der Waals surface area contributed by atoms with Crippen LogP contribution in [0.4, 0.5) is 0 Å². The predicted molar refractivity (Wildman–Crippen MR) is 125 cm³/mol. The Morgan fingerprint density at radius 2 is 1.97 bits per heavy atom. The zero-order valence-corrected chi connectivity index (χ0v) is 19.5. The molecule has 170 valence electrons. The van der Waals surface area contributed by atoms with E-state index < -0.39 is 0 Å². The molecule has 5 rings (SSSR count). The first kappa shape index (κ1) is 21.3. The van der Waals surface area contributed by atoms with Crippen LogP contribution in [0.2, 0.25) is 5.02 Å². The maximum atomic E-state index is 13.9. The fraction of sp³-hybridized carbons (Fsp3) is 0.292. The molecule has 33 heavy (non-hydrogen) atoms. The highest BCUT2D eigenvalue weighted by Crippen LogP contribution is 2.41. The number of ether oxygens (including phenoxy) is 1. The van der Waals surface area contributed by atoms with Crippen LogP contribution in [-0.2, 0) is 13.1 Å². The minimum Gasteiger partial charge on any atom is -0.496 e. The van der Waals surface area contributed by atoms with Gasteiger partial charge < -0.3 is 23.7 Å². The minimum atomic E-state index is -0.274. The van der Waals surface area contributed by atoms with Crippen LogP contribution in [0.15, 0.2) is 33.7 Å². The van der Waals surface area contributed by atoms with Gasteiger partial charge in [-0.25, -0.2) is 0 Å². The maximum absolute atomic E-state index is 13.9. The summed E-state index contributed by atoms with van der Waals surface area (Å²) in [6.45, 7) is 6.56. The van der Waals surface area contributed by atoms with E-state index in [1.807, 2.05) is 36.7 Å². The Labute approximate surface area is 194 Å². The highest BCUT2D eigenvalue weighted by Gasteiger charge is 2.30. The zero-order chi connectivity index (χ0) is 23.4. The average molecular weight is 467 g/mol. The lowest BCUT2D eigenvalue weighted by molar-refractivity contribution is 0.0744. The average Bonchev–Trinajstić information content (AvgIpc) is 3.29. The van der Waals surface area contributed by atoms with E-state index in [0.717, 1.165) is 16.5 Å². The molecule has 8 nitrogen and oxygen atoms in total. The number of benzene rings is 1. The largest absolute Gasteiger partial charge is 0.496 e. The summed E-state index contributed by atoms with van der Waals surface area (Å²) in [5.41, 5.74) is 4.20. The second kappa shape index (κ2) is 7.81. The van der Waals surface area contributed by atoms with E-state index in [9.17, 15) is 9.59 Å². The van der Waals surface area contributed by atoms with Crippen molar-refractivity contribution in [3.63, 3.8) is 0 Å². The fourth-order valence-corrected chi connectivity index (χ4v) is 4.95. The fourth-order valence-electron chi connectivity index (χ4n) is 4.63. The number of carbonyl (C=O) groups excluding carboxylic acids is 1. The predicted octanol–water partition coefficient (Wildman–Crippen LogP) is 4.23. The van der Waals surface area contributed by atoms with Gasteiger partial charge in [-0.2, -0.15) is 0 Å². The number of H-pyrrole nitrogens is 1. The Morgan fingerprint density at radius 3 is 2.67 bits per heavy atom. The van der Waals surface area contributed by atoms with Crippen molar-refractivity contribution >= 4 is 28.4 Å². The number of methoxy groups -OCH3 is 1. The molecular weight excluding hydrogens is 444 g/mol. The molecule has 0 spiro atoms. The highest BCUT2D eigenvalue weighted by atomic mass is 35.5. The van der Waals surface area contributed by atoms with Crippen molar-refractivity contribution in [2.45, 2.75) is 33.9 Å². The molecule has 1 aliphatic heterocycles. The van der Waals surface area contributed by atoms with Gasteiger partial charge in [-0.05, 0) is 39.0 Å². The van der Waals surface area contributed by atoms with Gasteiger partial charge in [0.25, 0.3) is 11.5 Å². The van der Waals surface area contributed by atoms with Gasteiger partial charge in [0.05, 0.1) is 41.0 Å². The molecule has 3 aromatic heterocycles. The first-order valence-electron chi connectivity index (χ1n) is 10.6. The Morgan fingerprint density at radius 1 is 1.18 bits per heavy atom. The van der Waals surface area contributed by atoms with Crippen molar-refractivity contribution in [1.82, 2.24) is 19.6 Å². The van der Waals surface area contributed by atoms with Crippen LogP contribution in [0.5, 0.6) is 5.75 Å². The molecule has 9 heteroatoms. The van der Waals surface area contributed by atoms with E-state index in [-0.39, 0.29) is 18.0 Å². The number of nitrogens with zero attached hydrogens (tertiary/aromatic N) is 3. The number of aromatic amines is 1. The van der Waals surface area contributed by atoms with Crippen LogP contribution in [-0.4, -0.2) is 39.2 Å². The molecule has 0 fully saturated rings. The van der Waals surface area contributed by atoms with Crippen molar-refractivity contribution in [3.05, 3.63) is 68.0 Å². The van der Waals surface area contributed by atoms with E-state index >= 15 is 0 Å². The molecule has 4 aromatic rings. The summed E-state index contributed by atoms with van der Waals surface area (Å²) in [4.78, 5) is 31.0. The number of rotatable bonds is 4. The molecule has 1 amide bonds. The van der Waals surface area contributed by atoms with Crippen molar-refractivity contribution in [2.75, 3.05) is 13.7 Å². The quantitative estimate of drug-likeness (QED) is 0.486. The van der Waals surface area contributed by atoms with Crippen LogP contribution in [0.25, 0.3) is 22.0 Å². The Kier molecular flexibility index (Phi) is 5.05. The molecule has 1 aromatic carbocycles. The SMILES string of the molecule is COc1cc(C)[nH]c(=O)c1CN1CCn2ccc3cc(-c4c(C)noc4C)c(Cl)c(c32)C1=O. The summed E-state index contributed by atoms with van der Waals surface area (Å²) in [7, 11) is 1.52. The first-order valence-corrected chi connectivity index (χ1v) is 11.0. The number of halogens is 1. The molecule has 0 unspecified atom stereocenters. The Balaban J connectivity index is 1.66. The van der Waals surface area contributed by atoms with Crippen LogP contribution < -0.4 is 10.3 Å². The van der Waals surface area contributed by atoms with E-state index in [4.69, 9.17) is 20.9 Å². The van der Waals surface area contributed by atoms with Gasteiger partial charge >= 0.3 is 0 Å². The Hall–Kier alpha value is -3.52. The standard InChI is InChI=1S/C24H23ClN4O4/c1-12-9-18(32-4)17(23(30)26-12)11-29-8-7-28-6-5-15-10-16(19-13(2)27-33-14(19)3)21(25)20(22(15)28)24(29)31/h5-6,9-10H,7-8,11H2,1-4H3,(H,26,30). The summed E-state index contributed by atoms with van der Waals surface area (Å²) in [6.07, 6.45) is 1.96. The third-order valence-electron chi connectivity index (χ3n) is 6.20. The van der Waals surface area contributed by atoms with Crippen LogP contribution in [0.1, 0.15) is 33.1 Å². The number of pyridine rings is 1. The number of hydrogen-bond acceptors (Lipinski definition) is 5. The molecule has 0 bridgehead atoms. The smallest absolute Gasteiger partial charge is 0.257 e. The van der Waals surface area contributed by atoms with Crippen molar-refractivity contribution in [1.29, 1.82) is 0 Å². The first-order chi connectivity index (χ1) is 15.8. The maximum Gasteiger partial charge on any atom is 0.257 e. The van der Waals surface area contributed by atoms with Crippen molar-refractivity contribution < 1.29 is 14.1 Å². The lowest BCUT2D eigenvalue weighted by atomic mass is 9.98. The van der Waals surface area contributed by atoms with E-state index in [1.54, 1.807) is 17.9 Å². The summed E-state index contributed by atoms with van der Waals surface area (Å²) < 4.78 is 12.8. The van der Waals surface area contributed by atoms with E-state index in [0.29, 0.717) is 57.7 Å². The summed E-state index contributed by atoms with van der Waals surface area (Å²) in [6, 6.07) is 5.71. The Bertz CT molecular complexity index is 1460. The molecule has 4 heterocycles. The highest BCUT2D eigenvalue weighted by molar-refractivity contribution is 6.38. The molecule has 0 aliphatic carbocycles. The minimum absolute atomic E-state index is 0.107. The summed E-state index contributed by atoms with van der Waals surface area (Å²) >= 11 is 6.91. The summed E-state index contributed by atoms with van der Waals surface area (Å²) in [5.74, 6) is 0.848. The molecule has 0 atom stereocenters. The van der Waals surface area contributed by atoms with Gasteiger partial charge in [0.1, 0.15) is 11.5 Å². The number of aromatic nitrogens is 3. The number of aryl methyl sites for hydroxylation is 3. The molecular formula is C24H23ClN4O4. The van der Waals surface area contributed by atoms with Gasteiger partial charge in [0.15, 0.2) is 0 Å². The molecule has 1 N–H and O–H groups in total. The van der Waals surface area contributed by atoms with Crippen LogP contribution >= 0.6 is 11.6 Å². The molecule has 0 radical (unpaired) electrons. The topological polar surface area (TPSA) is 93.4 Å². The van der Waals surface area contributed by atoms with Crippen molar-refractivity contribution in [2.24, 2.45) is 0 Å². The number of carbonyl (C=O) groups is 1. The molecule has 0 saturated heterocycles. The van der Waals surface area contributed by atoms with Crippen LogP contribution in [0, 0.1) is 20.8 Å². The monoisotopic (exact) mass is 466 g/mol. The second-order valence-electron chi connectivity index (χ2n) is 8.31. The third kappa shape index (κ3) is 3.33. The molecule has 1 aliphatic rings. The number of amides is 1. The lowest BCUT2D eigenvalue weighted by Gasteiger charge is -2.22. The van der Waals surface area contributed by atoms with Crippen LogP contribution in [0.3, 0.4) is 0 Å². The zero-order valence-electron chi connectivity index (χ0n) is 18.8. The third-order valence-corrected chi connectivity index (χ3v) is 6.59. The second-order valence-corrected chi connectivity index (χ2v) is 8.69. The lowest BCUT2D eigenvalue weighted by Crippen LogP contribution is -2.34. The van der Waals surface area contributed by atoms with Gasteiger partial charge in [0, 0.05) is 41.5 Å². The normalized spacial score (nSPS) is 13.6. The van der Waals surface area contributed by atoms with Crippen molar-refractivity contribution in [3.8, 4) is 16.9 Å². The van der Waals surface area contributed by atoms with Gasteiger partial charge in [-0.15, -0.1) is 0 Å². The van der Waals surface area contributed by atoms with Gasteiger partial charge in [-0.1, -0.05) is 16.8 Å². The number of hydrogen-bond donors (Lipinski definition) is 1. The van der Waals surface area contributed by atoms with E-state index in [2.05, 4.69) is 10.1 Å². The molecule has 0 saturated carbocycles. The number of nitrogens with one attached hydrogen (secondary N) is 1. The van der Waals surface area contributed by atoms with Gasteiger partial charge in [0.2, 0.25) is 0 Å². The van der Waals surface area contributed by atoms with E-state index in [1.165, 1.54) is 7.11 Å². The van der Waals surface area contributed by atoms with Gasteiger partial charge in [-0.3, -0.25) is 9.59 Å².